The van der Waals surface area contributed by atoms with Crippen LogP contribution in [-0.2, 0) is 11.2 Å². The Labute approximate surface area is 155 Å². The fraction of sp³-hybridized carbons (Fsp3) is 0.625. The summed E-state index contributed by atoms with van der Waals surface area (Å²) in [6.07, 6.45) is 3.47. The zero-order valence-electron chi connectivity index (χ0n) is 14.4. The molecule has 0 saturated carbocycles. The number of carbonyl (C=O) groups excluding carboxylic acids is 1. The molecule has 6 nitrogen and oxygen atoms in total. The van der Waals surface area contributed by atoms with E-state index in [0.717, 1.165) is 37.7 Å². The minimum atomic E-state index is -0.531. The van der Waals surface area contributed by atoms with Gasteiger partial charge in [0.1, 0.15) is 5.76 Å². The van der Waals surface area contributed by atoms with Crippen LogP contribution in [0.25, 0.3) is 0 Å². The molecule has 0 radical (unpaired) electrons. The number of guanidine groups is 1. The number of amides is 1. The Morgan fingerprint density at radius 2 is 2.00 bits per heavy atom. The largest absolute Gasteiger partial charge is 0.469 e. The van der Waals surface area contributed by atoms with Crippen LogP contribution in [0.1, 0.15) is 33.0 Å². The molecular weight excluding hydrogens is 407 g/mol. The molecule has 0 atom stereocenters. The first kappa shape index (κ1) is 21.8. The van der Waals surface area contributed by atoms with Crippen molar-refractivity contribution in [1.82, 2.24) is 16.0 Å². The minimum absolute atomic E-state index is 0. The van der Waals surface area contributed by atoms with Crippen molar-refractivity contribution in [2.24, 2.45) is 10.4 Å². The SMILES string of the molecule is CCCNC(=NCC(C)(C)C(=O)NC)NCCc1ccco1.I. The zero-order valence-corrected chi connectivity index (χ0v) is 16.8. The minimum Gasteiger partial charge on any atom is -0.469 e. The van der Waals surface area contributed by atoms with Gasteiger partial charge in [0.2, 0.25) is 5.91 Å². The van der Waals surface area contributed by atoms with Crippen molar-refractivity contribution in [1.29, 1.82) is 0 Å². The van der Waals surface area contributed by atoms with Gasteiger partial charge in [-0.15, -0.1) is 24.0 Å². The Hall–Kier alpha value is -1.25. The van der Waals surface area contributed by atoms with E-state index in [-0.39, 0.29) is 29.9 Å². The van der Waals surface area contributed by atoms with Crippen molar-refractivity contribution in [2.45, 2.75) is 33.6 Å². The van der Waals surface area contributed by atoms with Crippen LogP contribution >= 0.6 is 24.0 Å². The normalized spacial score (nSPS) is 11.6. The van der Waals surface area contributed by atoms with E-state index >= 15 is 0 Å². The summed E-state index contributed by atoms with van der Waals surface area (Å²) in [7, 11) is 1.64. The number of aliphatic imine (C=N–C) groups is 1. The molecule has 132 valence electrons. The highest BCUT2D eigenvalue weighted by molar-refractivity contribution is 14.0. The molecule has 0 fully saturated rings. The van der Waals surface area contributed by atoms with E-state index in [2.05, 4.69) is 27.9 Å². The predicted octanol–water partition coefficient (Wildman–Crippen LogP) is 2.16. The topological polar surface area (TPSA) is 78.7 Å². The molecule has 1 aromatic rings. The van der Waals surface area contributed by atoms with Gasteiger partial charge in [0.25, 0.3) is 0 Å². The van der Waals surface area contributed by atoms with E-state index in [4.69, 9.17) is 4.42 Å². The molecule has 0 unspecified atom stereocenters. The maximum atomic E-state index is 11.8. The maximum absolute atomic E-state index is 11.8. The van der Waals surface area contributed by atoms with Gasteiger partial charge in [-0.3, -0.25) is 9.79 Å². The second-order valence-corrected chi connectivity index (χ2v) is 5.81. The van der Waals surface area contributed by atoms with E-state index in [9.17, 15) is 4.79 Å². The van der Waals surface area contributed by atoms with Crippen molar-refractivity contribution in [3.05, 3.63) is 24.2 Å². The molecule has 0 aromatic carbocycles. The van der Waals surface area contributed by atoms with Gasteiger partial charge in [-0.2, -0.15) is 0 Å². The van der Waals surface area contributed by atoms with Crippen LogP contribution in [0.15, 0.2) is 27.8 Å². The maximum Gasteiger partial charge on any atom is 0.227 e. The monoisotopic (exact) mass is 436 g/mol. The molecule has 0 spiro atoms. The second-order valence-electron chi connectivity index (χ2n) is 5.81. The Bertz CT molecular complexity index is 472. The molecule has 0 aliphatic heterocycles. The van der Waals surface area contributed by atoms with E-state index in [1.165, 1.54) is 0 Å². The summed E-state index contributed by atoms with van der Waals surface area (Å²) in [4.78, 5) is 16.3. The Balaban J connectivity index is 0.00000484. The second kappa shape index (κ2) is 11.3. The number of hydrogen-bond donors (Lipinski definition) is 3. The van der Waals surface area contributed by atoms with Gasteiger partial charge in [0.05, 0.1) is 18.2 Å². The van der Waals surface area contributed by atoms with Gasteiger partial charge in [0.15, 0.2) is 5.96 Å². The van der Waals surface area contributed by atoms with Crippen LogP contribution in [0.4, 0.5) is 0 Å². The molecule has 1 rings (SSSR count). The molecule has 0 saturated heterocycles. The molecule has 3 N–H and O–H groups in total. The van der Waals surface area contributed by atoms with E-state index in [0.29, 0.717) is 6.54 Å². The predicted molar refractivity (Wildman–Crippen MR) is 104 cm³/mol. The number of carbonyl (C=O) groups is 1. The first-order valence-electron chi connectivity index (χ1n) is 7.76. The molecule has 0 aliphatic carbocycles. The Morgan fingerprint density at radius 1 is 1.30 bits per heavy atom. The number of furan rings is 1. The van der Waals surface area contributed by atoms with Gasteiger partial charge in [-0.05, 0) is 32.4 Å². The highest BCUT2D eigenvalue weighted by atomic mass is 127. The third-order valence-corrected chi connectivity index (χ3v) is 3.26. The fourth-order valence-corrected chi connectivity index (χ4v) is 1.86. The molecule has 1 heterocycles. The lowest BCUT2D eigenvalue weighted by molar-refractivity contribution is -0.128. The fourth-order valence-electron chi connectivity index (χ4n) is 1.86. The lowest BCUT2D eigenvalue weighted by atomic mass is 9.93. The highest BCUT2D eigenvalue weighted by Gasteiger charge is 2.26. The third kappa shape index (κ3) is 8.24. The lowest BCUT2D eigenvalue weighted by Gasteiger charge is -2.21. The molecule has 0 bridgehead atoms. The van der Waals surface area contributed by atoms with Gasteiger partial charge in [-0.1, -0.05) is 6.92 Å². The number of rotatable bonds is 8. The number of nitrogens with zero attached hydrogens (tertiary/aromatic N) is 1. The van der Waals surface area contributed by atoms with Crippen molar-refractivity contribution in [3.8, 4) is 0 Å². The molecule has 1 aromatic heterocycles. The van der Waals surface area contributed by atoms with Crippen molar-refractivity contribution in [3.63, 3.8) is 0 Å². The van der Waals surface area contributed by atoms with Crippen molar-refractivity contribution in [2.75, 3.05) is 26.7 Å². The lowest BCUT2D eigenvalue weighted by Crippen LogP contribution is -2.41. The van der Waals surface area contributed by atoms with Crippen LogP contribution in [0.5, 0.6) is 0 Å². The van der Waals surface area contributed by atoms with Crippen LogP contribution in [0.3, 0.4) is 0 Å². The van der Waals surface area contributed by atoms with E-state index in [1.807, 2.05) is 26.0 Å². The Kier molecular flexibility index (Phi) is 10.7. The first-order chi connectivity index (χ1) is 10.5. The summed E-state index contributed by atoms with van der Waals surface area (Å²) in [6.45, 7) is 7.86. The summed E-state index contributed by atoms with van der Waals surface area (Å²) in [5.74, 6) is 1.65. The zero-order chi connectivity index (χ0) is 16.4. The smallest absolute Gasteiger partial charge is 0.227 e. The quantitative estimate of drug-likeness (QED) is 0.332. The molecular formula is C16H29IN4O2. The van der Waals surface area contributed by atoms with Gasteiger partial charge < -0.3 is 20.4 Å². The summed E-state index contributed by atoms with van der Waals surface area (Å²) < 4.78 is 5.30. The van der Waals surface area contributed by atoms with Crippen LogP contribution < -0.4 is 16.0 Å². The number of hydrogen-bond acceptors (Lipinski definition) is 3. The van der Waals surface area contributed by atoms with Gasteiger partial charge in [-0.25, -0.2) is 0 Å². The number of halogens is 1. The average molecular weight is 436 g/mol. The van der Waals surface area contributed by atoms with Crippen molar-refractivity contribution < 1.29 is 9.21 Å². The van der Waals surface area contributed by atoms with E-state index in [1.54, 1.807) is 13.3 Å². The summed E-state index contributed by atoms with van der Waals surface area (Å²) in [6, 6.07) is 3.83. The van der Waals surface area contributed by atoms with Crippen molar-refractivity contribution >= 4 is 35.8 Å². The molecule has 1 amide bonds. The third-order valence-electron chi connectivity index (χ3n) is 3.26. The standard InChI is InChI=1S/C16H28N4O2.HI/c1-5-9-18-15(19-10-8-13-7-6-11-22-13)20-12-16(2,3)14(21)17-4;/h6-7,11H,5,8-10,12H2,1-4H3,(H,17,21)(H2,18,19,20);1H. The van der Waals surface area contributed by atoms with Crippen LogP contribution in [0.2, 0.25) is 0 Å². The average Bonchev–Trinajstić information content (AvgIpc) is 3.01. The number of nitrogens with one attached hydrogen (secondary N) is 3. The summed E-state index contributed by atoms with van der Waals surface area (Å²) in [5, 5.41) is 9.20. The van der Waals surface area contributed by atoms with Gasteiger partial charge in [0, 0.05) is 26.6 Å². The highest BCUT2D eigenvalue weighted by Crippen LogP contribution is 2.15. The molecule has 0 aliphatic rings. The summed E-state index contributed by atoms with van der Waals surface area (Å²) >= 11 is 0. The van der Waals surface area contributed by atoms with Crippen LogP contribution in [0, 0.1) is 5.41 Å². The molecule has 23 heavy (non-hydrogen) atoms. The van der Waals surface area contributed by atoms with E-state index < -0.39 is 5.41 Å². The van der Waals surface area contributed by atoms with Crippen LogP contribution in [-0.4, -0.2) is 38.5 Å². The first-order valence-corrected chi connectivity index (χ1v) is 7.76. The Morgan fingerprint density at radius 3 is 2.57 bits per heavy atom. The van der Waals surface area contributed by atoms with Gasteiger partial charge >= 0.3 is 0 Å². The molecule has 7 heteroatoms. The summed E-state index contributed by atoms with van der Waals surface area (Å²) in [5.41, 5.74) is -0.531.